The van der Waals surface area contributed by atoms with Gasteiger partial charge in [-0.15, -0.1) is 11.8 Å². The summed E-state index contributed by atoms with van der Waals surface area (Å²) in [5.41, 5.74) is 3.62. The second kappa shape index (κ2) is 9.16. The summed E-state index contributed by atoms with van der Waals surface area (Å²) >= 11 is 7.68. The van der Waals surface area contributed by atoms with Crippen molar-refractivity contribution in [2.75, 3.05) is 0 Å². The van der Waals surface area contributed by atoms with E-state index in [1.165, 1.54) is 18.7 Å². The van der Waals surface area contributed by atoms with E-state index in [2.05, 4.69) is 0 Å². The maximum Gasteiger partial charge on any atom is 0.335 e. The second-order valence-corrected chi connectivity index (χ2v) is 8.01. The summed E-state index contributed by atoms with van der Waals surface area (Å²) in [4.78, 5) is 23.3. The number of phenols is 1. The van der Waals surface area contributed by atoms with E-state index in [0.29, 0.717) is 17.1 Å². The highest BCUT2D eigenvalue weighted by molar-refractivity contribution is 7.98. The number of halogens is 1. The van der Waals surface area contributed by atoms with Gasteiger partial charge in [-0.3, -0.25) is 4.79 Å². The zero-order valence-corrected chi connectivity index (χ0v) is 17.3. The highest BCUT2D eigenvalue weighted by atomic mass is 35.5. The fourth-order valence-corrected chi connectivity index (χ4v) is 4.14. The van der Waals surface area contributed by atoms with Crippen molar-refractivity contribution in [1.82, 2.24) is 0 Å². The van der Waals surface area contributed by atoms with Gasteiger partial charge in [0, 0.05) is 10.6 Å². The van der Waals surface area contributed by atoms with Gasteiger partial charge in [-0.05, 0) is 54.3 Å². The molecule has 29 heavy (non-hydrogen) atoms. The minimum Gasteiger partial charge on any atom is -0.506 e. The van der Waals surface area contributed by atoms with Crippen molar-refractivity contribution in [3.63, 3.8) is 0 Å². The first-order valence-corrected chi connectivity index (χ1v) is 10.3. The monoisotopic (exact) mass is 426 g/mol. The summed E-state index contributed by atoms with van der Waals surface area (Å²) in [7, 11) is 0. The zero-order valence-electron chi connectivity index (χ0n) is 15.7. The van der Waals surface area contributed by atoms with Crippen LogP contribution >= 0.6 is 23.4 Å². The van der Waals surface area contributed by atoms with Gasteiger partial charge in [-0.25, -0.2) is 4.79 Å². The molecule has 148 valence electrons. The first kappa shape index (κ1) is 21.0. The molecule has 0 unspecified atom stereocenters. The van der Waals surface area contributed by atoms with Crippen molar-refractivity contribution in [3.05, 3.63) is 93.5 Å². The lowest BCUT2D eigenvalue weighted by Crippen LogP contribution is -1.97. The SMILES string of the molecule is CC(=O)c1ccc(SCc2ccc(Cc3cccc(C(=O)O)c3)cc2)c(Cl)c1O. The quantitative estimate of drug-likeness (QED) is 0.367. The first-order valence-electron chi connectivity index (χ1n) is 8.90. The van der Waals surface area contributed by atoms with Crippen molar-refractivity contribution >= 4 is 35.1 Å². The number of carboxylic acids is 1. The number of aromatic hydroxyl groups is 1. The first-order chi connectivity index (χ1) is 13.8. The number of phenolic OH excluding ortho intramolecular Hbond substituents is 1. The van der Waals surface area contributed by atoms with Crippen LogP contribution in [0.3, 0.4) is 0 Å². The topological polar surface area (TPSA) is 74.6 Å². The number of hydrogen-bond acceptors (Lipinski definition) is 4. The van der Waals surface area contributed by atoms with Gasteiger partial charge in [0.2, 0.25) is 0 Å². The van der Waals surface area contributed by atoms with E-state index >= 15 is 0 Å². The van der Waals surface area contributed by atoms with Gasteiger partial charge in [-0.2, -0.15) is 0 Å². The number of thioether (sulfide) groups is 1. The molecule has 3 aromatic carbocycles. The summed E-state index contributed by atoms with van der Waals surface area (Å²) in [5, 5.41) is 19.4. The third-order valence-corrected chi connectivity index (χ3v) is 6.08. The predicted molar refractivity (Wildman–Crippen MR) is 115 cm³/mol. The average molecular weight is 427 g/mol. The molecule has 6 heteroatoms. The van der Waals surface area contributed by atoms with E-state index in [1.54, 1.807) is 30.3 Å². The Morgan fingerprint density at radius 3 is 2.31 bits per heavy atom. The molecule has 0 aliphatic carbocycles. The van der Waals surface area contributed by atoms with Crippen LogP contribution in [0.2, 0.25) is 5.02 Å². The van der Waals surface area contributed by atoms with Crippen molar-refractivity contribution in [1.29, 1.82) is 0 Å². The maximum absolute atomic E-state index is 11.5. The van der Waals surface area contributed by atoms with Crippen molar-refractivity contribution in [3.8, 4) is 5.75 Å². The van der Waals surface area contributed by atoms with E-state index in [9.17, 15) is 14.7 Å². The van der Waals surface area contributed by atoms with Gasteiger partial charge in [0.05, 0.1) is 16.1 Å². The number of Topliss-reactive ketones (excluding diaryl/α,β-unsaturated/α-hetero) is 1. The van der Waals surface area contributed by atoms with Crippen LogP contribution < -0.4 is 0 Å². The molecule has 0 saturated carbocycles. The minimum absolute atomic E-state index is 0.178. The molecule has 0 aliphatic heterocycles. The lowest BCUT2D eigenvalue weighted by Gasteiger charge is -2.09. The molecule has 0 saturated heterocycles. The van der Waals surface area contributed by atoms with Crippen LogP contribution in [0.15, 0.2) is 65.6 Å². The highest BCUT2D eigenvalue weighted by Crippen LogP contribution is 2.38. The molecule has 0 atom stereocenters. The Kier molecular flexibility index (Phi) is 6.62. The Bertz CT molecular complexity index is 1060. The fraction of sp³-hybridized carbons (Fsp3) is 0.130. The Hall–Kier alpha value is -2.76. The van der Waals surface area contributed by atoms with Gasteiger partial charge >= 0.3 is 5.97 Å². The van der Waals surface area contributed by atoms with Gasteiger partial charge < -0.3 is 10.2 Å². The molecular formula is C23H19ClO4S. The molecule has 0 aromatic heterocycles. The number of carboxylic acid groups (broad SMARTS) is 1. The standard InChI is InChI=1S/C23H19ClO4S/c1-14(25)19-9-10-20(21(24)22(19)26)29-13-16-7-5-15(6-8-16)11-17-3-2-4-18(12-17)23(27)28/h2-10,12,26H,11,13H2,1H3,(H,27,28). The van der Waals surface area contributed by atoms with E-state index in [1.807, 2.05) is 30.3 Å². The number of aromatic carboxylic acids is 1. The predicted octanol–water partition coefficient (Wildman–Crippen LogP) is 5.83. The van der Waals surface area contributed by atoms with E-state index in [0.717, 1.165) is 16.7 Å². The molecular weight excluding hydrogens is 408 g/mol. The van der Waals surface area contributed by atoms with Gasteiger partial charge in [0.15, 0.2) is 5.78 Å². The summed E-state index contributed by atoms with van der Waals surface area (Å²) in [6, 6.07) is 18.3. The Morgan fingerprint density at radius 2 is 1.66 bits per heavy atom. The fourth-order valence-electron chi connectivity index (χ4n) is 2.91. The number of hydrogen-bond donors (Lipinski definition) is 2. The third-order valence-electron chi connectivity index (χ3n) is 4.46. The van der Waals surface area contributed by atoms with Crippen molar-refractivity contribution in [2.24, 2.45) is 0 Å². The number of carbonyl (C=O) groups is 2. The molecule has 3 aromatic rings. The Labute approximate surface area is 178 Å². The van der Waals surface area contributed by atoms with Gasteiger partial charge in [-0.1, -0.05) is 48.0 Å². The number of ketones is 1. The van der Waals surface area contributed by atoms with Crippen LogP contribution in [0.1, 0.15) is 44.3 Å². The highest BCUT2D eigenvalue weighted by Gasteiger charge is 2.14. The lowest BCUT2D eigenvalue weighted by molar-refractivity contribution is 0.0696. The van der Waals surface area contributed by atoms with Crippen LogP contribution in [0.4, 0.5) is 0 Å². The molecule has 4 nitrogen and oxygen atoms in total. The number of benzene rings is 3. The Morgan fingerprint density at radius 1 is 0.966 bits per heavy atom. The lowest BCUT2D eigenvalue weighted by atomic mass is 10.0. The van der Waals surface area contributed by atoms with Crippen molar-refractivity contribution in [2.45, 2.75) is 24.0 Å². The molecule has 0 radical (unpaired) electrons. The summed E-state index contributed by atoms with van der Waals surface area (Å²) < 4.78 is 0. The van der Waals surface area contributed by atoms with Crippen LogP contribution in [0, 0.1) is 0 Å². The minimum atomic E-state index is -0.930. The van der Waals surface area contributed by atoms with E-state index < -0.39 is 5.97 Å². The van der Waals surface area contributed by atoms with E-state index in [4.69, 9.17) is 16.7 Å². The largest absolute Gasteiger partial charge is 0.506 e. The molecule has 2 N–H and O–H groups in total. The molecule has 0 spiro atoms. The van der Waals surface area contributed by atoms with Gasteiger partial charge in [0.25, 0.3) is 0 Å². The van der Waals surface area contributed by atoms with Gasteiger partial charge in [0.1, 0.15) is 5.75 Å². The van der Waals surface area contributed by atoms with Crippen LogP contribution in [-0.2, 0) is 12.2 Å². The molecule has 0 amide bonds. The normalized spacial score (nSPS) is 10.7. The summed E-state index contributed by atoms with van der Waals surface area (Å²) in [6.07, 6.45) is 0.654. The molecule has 0 fully saturated rings. The zero-order chi connectivity index (χ0) is 21.0. The summed E-state index contributed by atoms with van der Waals surface area (Å²) in [5.74, 6) is -0.679. The van der Waals surface area contributed by atoms with Crippen molar-refractivity contribution < 1.29 is 19.8 Å². The second-order valence-electron chi connectivity index (χ2n) is 6.62. The van der Waals surface area contributed by atoms with Crippen LogP contribution in [-0.4, -0.2) is 22.0 Å². The Balaban J connectivity index is 1.66. The molecule has 0 aliphatic rings. The molecule has 3 rings (SSSR count). The molecule has 0 bridgehead atoms. The summed E-state index contributed by atoms with van der Waals surface area (Å²) in [6.45, 7) is 1.39. The smallest absolute Gasteiger partial charge is 0.335 e. The van der Waals surface area contributed by atoms with Crippen LogP contribution in [0.5, 0.6) is 5.75 Å². The van der Waals surface area contributed by atoms with Crippen LogP contribution in [0.25, 0.3) is 0 Å². The third kappa shape index (κ3) is 5.19. The molecule has 0 heterocycles. The number of carbonyl (C=O) groups excluding carboxylic acids is 1. The number of rotatable bonds is 7. The average Bonchev–Trinajstić information content (AvgIpc) is 2.70. The maximum atomic E-state index is 11.5. The van der Waals surface area contributed by atoms with E-state index in [-0.39, 0.29) is 27.7 Å².